The topological polar surface area (TPSA) is 74.7 Å². The van der Waals surface area contributed by atoms with Crippen LogP contribution in [0, 0.1) is 6.92 Å². The standard InChI is InChI=1S/C25H22ClNO4S2/c1-16-7-13-20(14-8-16)33(30,31)24-22(17-9-11-19(32-2)12-10-17)27(25(29)23(24)28)15-18-5-3-4-6-21(18)26/h3-14,22,28H,15H2,1-2H3/t22-/m0/s1. The molecule has 5 nitrogen and oxygen atoms in total. The molecule has 8 heteroatoms. The molecule has 33 heavy (non-hydrogen) atoms. The van der Waals surface area contributed by atoms with Gasteiger partial charge in [0.1, 0.15) is 4.91 Å². The van der Waals surface area contributed by atoms with Crippen molar-refractivity contribution in [3.05, 3.63) is 105 Å². The van der Waals surface area contributed by atoms with Gasteiger partial charge in [-0.15, -0.1) is 11.8 Å². The minimum atomic E-state index is -4.16. The molecule has 0 unspecified atom stereocenters. The van der Waals surface area contributed by atoms with Crippen LogP contribution in [-0.2, 0) is 21.2 Å². The molecule has 3 aromatic carbocycles. The second-order valence-corrected chi connectivity index (χ2v) is 10.9. The largest absolute Gasteiger partial charge is 0.502 e. The van der Waals surface area contributed by atoms with Crippen LogP contribution >= 0.6 is 23.4 Å². The molecule has 170 valence electrons. The minimum absolute atomic E-state index is 0.0211. The molecule has 1 aliphatic heterocycles. The lowest BCUT2D eigenvalue weighted by Gasteiger charge is -2.27. The number of nitrogens with zero attached hydrogens (tertiary/aromatic N) is 1. The van der Waals surface area contributed by atoms with Crippen LogP contribution in [0.4, 0.5) is 0 Å². The van der Waals surface area contributed by atoms with Crippen LogP contribution in [0.2, 0.25) is 5.02 Å². The van der Waals surface area contributed by atoms with E-state index in [1.165, 1.54) is 17.0 Å². The molecule has 1 N–H and O–H groups in total. The van der Waals surface area contributed by atoms with Crippen molar-refractivity contribution >= 4 is 39.1 Å². The summed E-state index contributed by atoms with van der Waals surface area (Å²) in [5.41, 5.74) is 2.14. The number of aryl methyl sites for hydroxylation is 1. The molecule has 0 spiro atoms. The normalized spacial score (nSPS) is 16.5. The van der Waals surface area contributed by atoms with Crippen molar-refractivity contribution in [1.29, 1.82) is 0 Å². The predicted molar refractivity (Wildman–Crippen MR) is 131 cm³/mol. The molecule has 0 saturated heterocycles. The summed E-state index contributed by atoms with van der Waals surface area (Å²) >= 11 is 7.88. The first kappa shape index (κ1) is 23.4. The average Bonchev–Trinajstić information content (AvgIpc) is 3.06. The number of hydrogen-bond donors (Lipinski definition) is 1. The van der Waals surface area contributed by atoms with E-state index < -0.39 is 27.5 Å². The summed E-state index contributed by atoms with van der Waals surface area (Å²) in [5.74, 6) is -1.51. The van der Waals surface area contributed by atoms with Crippen molar-refractivity contribution in [3.8, 4) is 0 Å². The molecule has 0 fully saturated rings. The van der Waals surface area contributed by atoms with Crippen molar-refractivity contribution in [2.24, 2.45) is 0 Å². The van der Waals surface area contributed by atoms with Gasteiger partial charge in [0.05, 0.1) is 10.9 Å². The van der Waals surface area contributed by atoms with Crippen LogP contribution in [0.25, 0.3) is 0 Å². The molecule has 3 aromatic rings. The molecule has 0 aliphatic carbocycles. The molecular formula is C25H22ClNO4S2. The summed E-state index contributed by atoms with van der Waals surface area (Å²) in [4.78, 5) is 15.2. The number of hydrogen-bond acceptors (Lipinski definition) is 5. The fourth-order valence-corrected chi connectivity index (χ4v) is 6.09. The summed E-state index contributed by atoms with van der Waals surface area (Å²) in [6.45, 7) is 1.90. The van der Waals surface area contributed by atoms with E-state index in [9.17, 15) is 18.3 Å². The number of benzene rings is 3. The lowest BCUT2D eigenvalue weighted by molar-refractivity contribution is -0.130. The van der Waals surface area contributed by atoms with Crippen molar-refractivity contribution in [3.63, 3.8) is 0 Å². The highest BCUT2D eigenvalue weighted by Gasteiger charge is 2.46. The van der Waals surface area contributed by atoms with Gasteiger partial charge in [0.2, 0.25) is 9.84 Å². The summed E-state index contributed by atoms with van der Waals surface area (Å²) in [7, 11) is -4.16. The van der Waals surface area contributed by atoms with Crippen LogP contribution < -0.4 is 0 Å². The Balaban J connectivity index is 1.86. The van der Waals surface area contributed by atoms with Crippen molar-refractivity contribution < 1.29 is 18.3 Å². The minimum Gasteiger partial charge on any atom is -0.502 e. The maximum Gasteiger partial charge on any atom is 0.290 e. The van der Waals surface area contributed by atoms with Crippen LogP contribution in [0.1, 0.15) is 22.7 Å². The fraction of sp³-hybridized carbons (Fsp3) is 0.160. The number of thioether (sulfide) groups is 1. The molecule has 1 amide bonds. The highest BCUT2D eigenvalue weighted by molar-refractivity contribution is 7.98. The maximum atomic E-state index is 13.6. The molecule has 0 aromatic heterocycles. The third-order valence-corrected chi connectivity index (χ3v) is 8.61. The van der Waals surface area contributed by atoms with E-state index in [0.717, 1.165) is 10.5 Å². The second-order valence-electron chi connectivity index (χ2n) is 7.73. The average molecular weight is 500 g/mol. The van der Waals surface area contributed by atoms with E-state index in [2.05, 4.69) is 0 Å². The van der Waals surface area contributed by atoms with E-state index in [-0.39, 0.29) is 16.3 Å². The van der Waals surface area contributed by atoms with Gasteiger partial charge in [0.25, 0.3) is 5.91 Å². The van der Waals surface area contributed by atoms with Gasteiger partial charge in [-0.25, -0.2) is 8.42 Å². The maximum absolute atomic E-state index is 13.6. The van der Waals surface area contributed by atoms with Crippen molar-refractivity contribution in [2.45, 2.75) is 29.3 Å². The SMILES string of the molecule is CSc1ccc([C@H]2C(S(=O)(=O)c3ccc(C)cc3)=C(O)C(=O)N2Cc2ccccc2Cl)cc1. The van der Waals surface area contributed by atoms with Crippen LogP contribution in [0.15, 0.2) is 93.3 Å². The van der Waals surface area contributed by atoms with E-state index in [1.807, 2.05) is 25.3 Å². The van der Waals surface area contributed by atoms with Gasteiger partial charge < -0.3 is 10.0 Å². The molecule has 1 aliphatic rings. The summed E-state index contributed by atoms with van der Waals surface area (Å²) in [5, 5.41) is 11.3. The Morgan fingerprint density at radius 3 is 2.24 bits per heavy atom. The highest BCUT2D eigenvalue weighted by atomic mass is 35.5. The van der Waals surface area contributed by atoms with Crippen LogP contribution in [0.3, 0.4) is 0 Å². The summed E-state index contributed by atoms with van der Waals surface area (Å²) in [6, 6.07) is 19.7. The van der Waals surface area contributed by atoms with E-state index in [0.29, 0.717) is 16.1 Å². The number of carbonyl (C=O) groups excluding carboxylic acids is 1. The molecule has 0 bridgehead atoms. The van der Waals surface area contributed by atoms with Gasteiger partial charge in [0, 0.05) is 16.5 Å². The lowest BCUT2D eigenvalue weighted by Crippen LogP contribution is -2.30. The van der Waals surface area contributed by atoms with E-state index >= 15 is 0 Å². The molecule has 1 heterocycles. The second kappa shape index (κ2) is 9.25. The molecule has 1 atom stereocenters. The summed E-state index contributed by atoms with van der Waals surface area (Å²) in [6.07, 6.45) is 1.94. The Bertz CT molecular complexity index is 1330. The van der Waals surface area contributed by atoms with Crippen molar-refractivity contribution in [2.75, 3.05) is 6.26 Å². The number of aliphatic hydroxyl groups is 1. The third-order valence-electron chi connectivity index (χ3n) is 5.61. The molecule has 0 radical (unpaired) electrons. The monoisotopic (exact) mass is 499 g/mol. The van der Waals surface area contributed by atoms with E-state index in [1.54, 1.807) is 60.3 Å². The predicted octanol–water partition coefficient (Wildman–Crippen LogP) is 5.70. The first-order valence-electron chi connectivity index (χ1n) is 10.2. The van der Waals surface area contributed by atoms with Gasteiger partial charge >= 0.3 is 0 Å². The zero-order valence-corrected chi connectivity index (χ0v) is 20.4. The number of amides is 1. The Kier molecular flexibility index (Phi) is 6.56. The Hall–Kier alpha value is -2.74. The zero-order chi connectivity index (χ0) is 23.8. The first-order chi connectivity index (χ1) is 15.7. The fourth-order valence-electron chi connectivity index (χ4n) is 3.84. The van der Waals surface area contributed by atoms with Crippen LogP contribution in [-0.4, -0.2) is 30.6 Å². The molecule has 0 saturated carbocycles. The third kappa shape index (κ3) is 4.40. The van der Waals surface area contributed by atoms with Gasteiger partial charge in [0.15, 0.2) is 5.76 Å². The number of halogens is 1. The zero-order valence-electron chi connectivity index (χ0n) is 18.0. The quantitative estimate of drug-likeness (QED) is 0.440. The summed E-state index contributed by atoms with van der Waals surface area (Å²) < 4.78 is 27.3. The number of rotatable bonds is 6. The first-order valence-corrected chi connectivity index (χ1v) is 13.3. The highest BCUT2D eigenvalue weighted by Crippen LogP contribution is 2.43. The van der Waals surface area contributed by atoms with Gasteiger partial charge in [-0.2, -0.15) is 0 Å². The number of sulfone groups is 1. The smallest absolute Gasteiger partial charge is 0.290 e. The van der Waals surface area contributed by atoms with Crippen LogP contribution in [0.5, 0.6) is 0 Å². The van der Waals surface area contributed by atoms with Crippen molar-refractivity contribution in [1.82, 2.24) is 4.90 Å². The van der Waals surface area contributed by atoms with Gasteiger partial charge in [-0.1, -0.05) is 59.6 Å². The van der Waals surface area contributed by atoms with Gasteiger partial charge in [-0.3, -0.25) is 4.79 Å². The van der Waals surface area contributed by atoms with Gasteiger partial charge in [-0.05, 0) is 54.6 Å². The Morgan fingerprint density at radius 1 is 1.00 bits per heavy atom. The molecular weight excluding hydrogens is 478 g/mol. The Labute approximate surface area is 202 Å². The Morgan fingerprint density at radius 2 is 1.64 bits per heavy atom. The van der Waals surface area contributed by atoms with E-state index in [4.69, 9.17) is 11.6 Å². The number of carbonyl (C=O) groups is 1. The molecule has 4 rings (SSSR count). The number of aliphatic hydroxyl groups excluding tert-OH is 1. The lowest BCUT2D eigenvalue weighted by atomic mass is 10.1.